The molecule has 138 valence electrons. The molecule has 6 nitrogen and oxygen atoms in total. The van der Waals surface area contributed by atoms with Crippen LogP contribution in [0.3, 0.4) is 0 Å². The average Bonchev–Trinajstić information content (AvgIpc) is 3.05. The van der Waals surface area contributed by atoms with E-state index in [1.165, 1.54) is 0 Å². The van der Waals surface area contributed by atoms with E-state index >= 15 is 0 Å². The number of nitrogens with one attached hydrogen (secondary N) is 2. The molecule has 0 saturated carbocycles. The first-order valence-electron chi connectivity index (χ1n) is 8.95. The van der Waals surface area contributed by atoms with Gasteiger partial charge >= 0.3 is 0 Å². The van der Waals surface area contributed by atoms with E-state index in [4.69, 9.17) is 4.42 Å². The number of fused-ring (bicyclic) bond motifs is 2. The van der Waals surface area contributed by atoms with Gasteiger partial charge in [0.1, 0.15) is 5.52 Å². The van der Waals surface area contributed by atoms with Gasteiger partial charge in [0.2, 0.25) is 11.8 Å². The molecular weight excluding hydrogens is 342 g/mol. The van der Waals surface area contributed by atoms with Crippen molar-refractivity contribution < 1.29 is 14.0 Å². The molecule has 2 N–H and O–H groups in total. The zero-order chi connectivity index (χ0) is 19.2. The second-order valence-electron chi connectivity index (χ2n) is 7.83. The predicted octanol–water partition coefficient (Wildman–Crippen LogP) is 4.26. The van der Waals surface area contributed by atoms with Crippen LogP contribution >= 0.6 is 0 Å². The van der Waals surface area contributed by atoms with Gasteiger partial charge < -0.3 is 15.1 Å². The van der Waals surface area contributed by atoms with Crippen LogP contribution in [0, 0.1) is 0 Å². The Morgan fingerprint density at radius 1 is 1.15 bits per heavy atom. The van der Waals surface area contributed by atoms with Crippen LogP contribution in [-0.2, 0) is 16.6 Å². The molecule has 1 aliphatic heterocycles. The molecule has 0 saturated heterocycles. The van der Waals surface area contributed by atoms with Crippen molar-refractivity contribution in [3.8, 4) is 0 Å². The second kappa shape index (κ2) is 6.23. The van der Waals surface area contributed by atoms with Gasteiger partial charge in [0.05, 0.1) is 0 Å². The molecule has 1 aromatic heterocycles. The summed E-state index contributed by atoms with van der Waals surface area (Å²) in [6.07, 6.45) is 1.08. The Balaban J connectivity index is 1.56. The summed E-state index contributed by atoms with van der Waals surface area (Å²) in [5.41, 5.74) is 4.20. The third kappa shape index (κ3) is 3.43. The number of aromatic nitrogens is 1. The van der Waals surface area contributed by atoms with Crippen LogP contribution in [0.5, 0.6) is 0 Å². The third-order valence-corrected chi connectivity index (χ3v) is 4.55. The SMILES string of the molecule is CC(C)(C)c1nc2cc(NC(=O)c3ccc4c(c3)CCC(=O)N4)ccc2o1. The number of benzene rings is 2. The van der Waals surface area contributed by atoms with Gasteiger partial charge in [-0.1, -0.05) is 20.8 Å². The molecule has 6 heteroatoms. The lowest BCUT2D eigenvalue weighted by molar-refractivity contribution is -0.116. The Hall–Kier alpha value is -3.15. The summed E-state index contributed by atoms with van der Waals surface area (Å²) in [7, 11) is 0. The van der Waals surface area contributed by atoms with E-state index in [-0.39, 0.29) is 17.2 Å². The highest BCUT2D eigenvalue weighted by Crippen LogP contribution is 2.28. The van der Waals surface area contributed by atoms with E-state index in [0.29, 0.717) is 41.1 Å². The molecule has 0 unspecified atom stereocenters. The smallest absolute Gasteiger partial charge is 0.255 e. The maximum absolute atomic E-state index is 12.6. The lowest BCUT2D eigenvalue weighted by Crippen LogP contribution is -2.20. The summed E-state index contributed by atoms with van der Waals surface area (Å²) in [6, 6.07) is 10.7. The summed E-state index contributed by atoms with van der Waals surface area (Å²) in [5.74, 6) is 0.474. The van der Waals surface area contributed by atoms with Gasteiger partial charge in [-0.15, -0.1) is 0 Å². The standard InChI is InChI=1S/C21H21N3O3/c1-21(2,3)20-24-16-11-14(6-8-17(16)27-20)22-19(26)13-4-7-15-12(10-13)5-9-18(25)23-15/h4,6-8,10-11H,5,9H2,1-3H3,(H,22,26)(H,23,25). The first kappa shape index (κ1) is 17.3. The Morgan fingerprint density at radius 2 is 1.96 bits per heavy atom. The van der Waals surface area contributed by atoms with Crippen molar-refractivity contribution in [1.82, 2.24) is 4.98 Å². The minimum atomic E-state index is -0.200. The van der Waals surface area contributed by atoms with Gasteiger partial charge in [-0.2, -0.15) is 0 Å². The number of hydrogen-bond donors (Lipinski definition) is 2. The molecule has 0 fully saturated rings. The molecule has 2 aromatic carbocycles. The summed E-state index contributed by atoms with van der Waals surface area (Å²) in [4.78, 5) is 28.6. The van der Waals surface area contributed by atoms with Gasteiger partial charge in [0, 0.05) is 28.8 Å². The van der Waals surface area contributed by atoms with Crippen molar-refractivity contribution in [3.63, 3.8) is 0 Å². The highest BCUT2D eigenvalue weighted by Gasteiger charge is 2.21. The number of carbonyl (C=O) groups excluding carboxylic acids is 2. The Kier molecular flexibility index (Phi) is 3.98. The molecular formula is C21H21N3O3. The lowest BCUT2D eigenvalue weighted by Gasteiger charge is -2.17. The Bertz CT molecular complexity index is 1060. The highest BCUT2D eigenvalue weighted by atomic mass is 16.3. The molecule has 3 aromatic rings. The third-order valence-electron chi connectivity index (χ3n) is 4.55. The first-order chi connectivity index (χ1) is 12.8. The fourth-order valence-electron chi connectivity index (χ4n) is 3.05. The van der Waals surface area contributed by atoms with Crippen molar-refractivity contribution in [3.05, 3.63) is 53.4 Å². The van der Waals surface area contributed by atoms with Crippen molar-refractivity contribution in [2.45, 2.75) is 39.0 Å². The Labute approximate surface area is 157 Å². The van der Waals surface area contributed by atoms with Gasteiger partial charge in [-0.3, -0.25) is 9.59 Å². The number of aryl methyl sites for hydroxylation is 1. The van der Waals surface area contributed by atoms with Crippen molar-refractivity contribution in [1.29, 1.82) is 0 Å². The predicted molar refractivity (Wildman–Crippen MR) is 104 cm³/mol. The van der Waals surface area contributed by atoms with Gasteiger partial charge in [-0.05, 0) is 48.4 Å². The molecule has 2 heterocycles. The Morgan fingerprint density at radius 3 is 2.74 bits per heavy atom. The molecule has 27 heavy (non-hydrogen) atoms. The average molecular weight is 363 g/mol. The zero-order valence-electron chi connectivity index (χ0n) is 15.6. The second-order valence-corrected chi connectivity index (χ2v) is 7.83. The van der Waals surface area contributed by atoms with Crippen LogP contribution in [0.2, 0.25) is 0 Å². The topological polar surface area (TPSA) is 84.2 Å². The quantitative estimate of drug-likeness (QED) is 0.712. The molecule has 0 radical (unpaired) electrons. The van der Waals surface area contributed by atoms with Gasteiger partial charge in [0.25, 0.3) is 5.91 Å². The number of oxazole rings is 1. The van der Waals surface area contributed by atoms with Crippen LogP contribution in [-0.4, -0.2) is 16.8 Å². The minimum Gasteiger partial charge on any atom is -0.440 e. The van der Waals surface area contributed by atoms with E-state index in [1.54, 1.807) is 18.2 Å². The fourth-order valence-corrected chi connectivity index (χ4v) is 3.05. The van der Waals surface area contributed by atoms with Crippen LogP contribution in [0.1, 0.15) is 49.0 Å². The molecule has 2 amide bonds. The molecule has 0 aliphatic carbocycles. The van der Waals surface area contributed by atoms with Crippen molar-refractivity contribution in [2.75, 3.05) is 10.6 Å². The summed E-state index contributed by atoms with van der Waals surface area (Å²) in [5, 5.41) is 5.73. The summed E-state index contributed by atoms with van der Waals surface area (Å²) >= 11 is 0. The lowest BCUT2D eigenvalue weighted by atomic mass is 9.97. The van der Waals surface area contributed by atoms with E-state index in [1.807, 2.05) is 39.0 Å². The monoisotopic (exact) mass is 363 g/mol. The van der Waals surface area contributed by atoms with E-state index < -0.39 is 0 Å². The maximum Gasteiger partial charge on any atom is 0.255 e. The fraction of sp³-hybridized carbons (Fsp3) is 0.286. The van der Waals surface area contributed by atoms with Gasteiger partial charge in [0.15, 0.2) is 5.58 Å². The molecule has 0 spiro atoms. The van der Waals surface area contributed by atoms with Crippen molar-refractivity contribution in [2.24, 2.45) is 0 Å². The van der Waals surface area contributed by atoms with Crippen LogP contribution < -0.4 is 10.6 Å². The molecule has 4 rings (SSSR count). The number of anilines is 2. The number of carbonyl (C=O) groups is 2. The van der Waals surface area contributed by atoms with E-state index in [0.717, 1.165) is 11.3 Å². The summed E-state index contributed by atoms with van der Waals surface area (Å²) in [6.45, 7) is 6.12. The van der Waals surface area contributed by atoms with Crippen LogP contribution in [0.15, 0.2) is 40.8 Å². The number of hydrogen-bond acceptors (Lipinski definition) is 4. The largest absolute Gasteiger partial charge is 0.440 e. The molecule has 0 atom stereocenters. The molecule has 0 bridgehead atoms. The van der Waals surface area contributed by atoms with Crippen LogP contribution in [0.25, 0.3) is 11.1 Å². The van der Waals surface area contributed by atoms with Gasteiger partial charge in [-0.25, -0.2) is 4.98 Å². The number of nitrogens with zero attached hydrogens (tertiary/aromatic N) is 1. The zero-order valence-corrected chi connectivity index (χ0v) is 15.6. The van der Waals surface area contributed by atoms with E-state index in [9.17, 15) is 9.59 Å². The summed E-state index contributed by atoms with van der Waals surface area (Å²) < 4.78 is 5.79. The maximum atomic E-state index is 12.6. The number of amides is 2. The normalized spacial score (nSPS) is 14.0. The number of rotatable bonds is 2. The van der Waals surface area contributed by atoms with Crippen molar-refractivity contribution >= 4 is 34.3 Å². The molecule has 1 aliphatic rings. The first-order valence-corrected chi connectivity index (χ1v) is 8.95. The van der Waals surface area contributed by atoms with E-state index in [2.05, 4.69) is 15.6 Å². The minimum absolute atomic E-state index is 0.00948. The highest BCUT2D eigenvalue weighted by molar-refractivity contribution is 6.05. The van der Waals surface area contributed by atoms with Crippen LogP contribution in [0.4, 0.5) is 11.4 Å².